The average molecular weight is 445 g/mol. The van der Waals surface area contributed by atoms with Crippen LogP contribution >= 0.6 is 0 Å². The molecule has 0 saturated heterocycles. The van der Waals surface area contributed by atoms with Gasteiger partial charge in [0.2, 0.25) is 0 Å². The zero-order valence-corrected chi connectivity index (χ0v) is 23.0. The first-order valence-electron chi connectivity index (χ1n) is 14.2. The zero-order chi connectivity index (χ0) is 21.5. The number of unbranched alkanes of at least 4 members (excludes halogenated alkanes) is 16. The van der Waals surface area contributed by atoms with Gasteiger partial charge in [-0.15, -0.1) is 0 Å². The van der Waals surface area contributed by atoms with Crippen LogP contribution in [0.4, 0.5) is 0 Å². The molecule has 29 heavy (non-hydrogen) atoms. The van der Waals surface area contributed by atoms with Crippen molar-refractivity contribution in [3.8, 4) is 0 Å². The van der Waals surface area contributed by atoms with Gasteiger partial charge in [0.25, 0.3) is 0 Å². The molecule has 0 N–H and O–H groups in total. The third-order valence-corrected chi connectivity index (χ3v) is 16.1. The van der Waals surface area contributed by atoms with Crippen molar-refractivity contribution in [3.63, 3.8) is 0 Å². The normalized spacial score (nSPS) is 12.0. The zero-order valence-electron chi connectivity index (χ0n) is 21.5. The van der Waals surface area contributed by atoms with Crippen molar-refractivity contribution in [2.24, 2.45) is 0 Å². The van der Waals surface area contributed by atoms with Gasteiger partial charge in [0, 0.05) is 0 Å². The molecule has 0 saturated carbocycles. The Morgan fingerprint density at radius 1 is 0.276 bits per heavy atom. The van der Waals surface area contributed by atoms with Crippen molar-refractivity contribution >= 4 is 0 Å². The monoisotopic (exact) mass is 444 g/mol. The van der Waals surface area contributed by atoms with E-state index < -0.39 is 16.6 Å². The van der Waals surface area contributed by atoms with Gasteiger partial charge >= 0.3 is 192 Å². The van der Waals surface area contributed by atoms with Crippen LogP contribution in [0.2, 0.25) is 18.9 Å². The topological polar surface area (TPSA) is 0 Å². The molecule has 0 amide bonds. The summed E-state index contributed by atoms with van der Waals surface area (Å²) in [4.78, 5) is 0. The van der Waals surface area contributed by atoms with E-state index in [1.54, 1.807) is 44.6 Å². The first kappa shape index (κ1) is 29.7. The third-order valence-electron chi connectivity index (χ3n) is 7.24. The van der Waals surface area contributed by atoms with E-state index in [1.165, 1.54) is 103 Å². The Kier molecular flexibility index (Phi) is 24.0. The van der Waals surface area contributed by atoms with Crippen molar-refractivity contribution in [2.75, 3.05) is 0 Å². The molecule has 0 aliphatic heterocycles. The maximum atomic E-state index is 2.35. The molecule has 0 fully saturated rings. The van der Waals surface area contributed by atoms with E-state index in [-0.39, 0.29) is 0 Å². The first-order chi connectivity index (χ1) is 14.2. The Balaban J connectivity index is 4.69. The fraction of sp³-hybridized carbons (Fsp3) is 1.00. The van der Waals surface area contributed by atoms with Gasteiger partial charge < -0.3 is 0 Å². The van der Waals surface area contributed by atoms with E-state index in [2.05, 4.69) is 27.7 Å². The summed E-state index contributed by atoms with van der Waals surface area (Å²) < 4.78 is 6.89. The molecule has 0 unspecified atom stereocenters. The summed E-state index contributed by atoms with van der Waals surface area (Å²) >= 11 is -1.64. The molecule has 0 rings (SSSR count). The predicted octanol–water partition coefficient (Wildman–Crippen LogP) is 11.7. The third kappa shape index (κ3) is 19.1. The van der Waals surface area contributed by atoms with E-state index in [0.29, 0.717) is 0 Å². The molecule has 0 nitrogen and oxygen atoms in total. The van der Waals surface area contributed by atoms with Crippen LogP contribution in [0.25, 0.3) is 0 Å². The van der Waals surface area contributed by atoms with Gasteiger partial charge in [0.15, 0.2) is 0 Å². The van der Waals surface area contributed by atoms with E-state index in [1.807, 2.05) is 0 Å². The molecule has 0 spiro atoms. The summed E-state index contributed by atoms with van der Waals surface area (Å²) in [5.74, 6) is 0. The first-order valence-corrected chi connectivity index (χ1v) is 18.7. The molecule has 0 aliphatic carbocycles. The van der Waals surface area contributed by atoms with Crippen molar-refractivity contribution < 1.29 is 16.6 Å². The van der Waals surface area contributed by atoms with Gasteiger partial charge in [0.05, 0.1) is 0 Å². The molecule has 0 radical (unpaired) electrons. The van der Waals surface area contributed by atoms with Crippen molar-refractivity contribution in [2.45, 2.75) is 175 Å². The minimum absolute atomic E-state index is 1.39. The Labute approximate surface area is 191 Å². The second-order valence-corrected chi connectivity index (χ2v) is 18.0. The van der Waals surface area contributed by atoms with E-state index in [9.17, 15) is 0 Å². The average Bonchev–Trinajstić information content (AvgIpc) is 2.73. The van der Waals surface area contributed by atoms with E-state index in [4.69, 9.17) is 0 Å². The fourth-order valence-electron chi connectivity index (χ4n) is 5.16. The van der Waals surface area contributed by atoms with E-state index >= 15 is 0 Å². The van der Waals surface area contributed by atoms with Gasteiger partial charge in [-0.2, -0.15) is 0 Å². The molecular weight excluding hydrogens is 384 g/mol. The van der Waals surface area contributed by atoms with Crippen LogP contribution < -0.4 is 0 Å². The van der Waals surface area contributed by atoms with E-state index in [0.717, 1.165) is 0 Å². The van der Waals surface area contributed by atoms with Crippen LogP contribution in [0.15, 0.2) is 0 Å². The second kappa shape index (κ2) is 23.4. The molecule has 0 aromatic heterocycles. The summed E-state index contributed by atoms with van der Waals surface area (Å²) in [6.45, 7) is 9.41. The summed E-state index contributed by atoms with van der Waals surface area (Å²) in [6.07, 6.45) is 29.8. The second-order valence-electron chi connectivity index (χ2n) is 10.2. The van der Waals surface area contributed by atoms with Gasteiger partial charge in [-0.3, -0.25) is 0 Å². The Bertz CT molecular complexity index is 237. The van der Waals surface area contributed by atoms with Crippen LogP contribution in [0, 0.1) is 0 Å². The van der Waals surface area contributed by atoms with Crippen molar-refractivity contribution in [3.05, 3.63) is 0 Å². The number of rotatable bonds is 24. The molecule has 0 bridgehead atoms. The van der Waals surface area contributed by atoms with Gasteiger partial charge in [-0.25, -0.2) is 0 Å². The predicted molar refractivity (Wildman–Crippen MR) is 134 cm³/mol. The Hall–Kier alpha value is 0.714. The van der Waals surface area contributed by atoms with Crippen molar-refractivity contribution in [1.82, 2.24) is 0 Å². The fourth-order valence-corrected chi connectivity index (χ4v) is 13.8. The van der Waals surface area contributed by atoms with Crippen LogP contribution in [0.1, 0.15) is 156 Å². The molecule has 0 heterocycles. The maximum absolute atomic E-state index is 2.35. The SMILES string of the molecule is CCCCCC[CH2][Ti]([CH2]CCCCCC)([CH2]CCCCCC)[CH2]CCCCCC. The van der Waals surface area contributed by atoms with Crippen molar-refractivity contribution in [1.29, 1.82) is 0 Å². The standard InChI is InChI=1S/4C7H15.Ti/c4*1-3-5-7-6-4-2;/h4*1,3-7H2,2H3;. The summed E-state index contributed by atoms with van der Waals surface area (Å²) in [5, 5.41) is 0. The molecule has 1 heteroatoms. The van der Waals surface area contributed by atoms with Crippen LogP contribution in [-0.4, -0.2) is 0 Å². The minimum atomic E-state index is -1.64. The van der Waals surface area contributed by atoms with Crippen LogP contribution in [-0.2, 0) is 16.6 Å². The van der Waals surface area contributed by atoms with Crippen LogP contribution in [0.5, 0.6) is 0 Å². The molecule has 0 atom stereocenters. The summed E-state index contributed by atoms with van der Waals surface area (Å²) in [7, 11) is 0. The van der Waals surface area contributed by atoms with Gasteiger partial charge in [-0.05, 0) is 0 Å². The molecule has 176 valence electrons. The summed E-state index contributed by atoms with van der Waals surface area (Å²) in [5.41, 5.74) is 0. The Morgan fingerprint density at radius 2 is 0.483 bits per heavy atom. The molecule has 0 aliphatic rings. The van der Waals surface area contributed by atoms with Gasteiger partial charge in [0.1, 0.15) is 0 Å². The number of hydrogen-bond donors (Lipinski definition) is 0. The molecule has 0 aromatic rings. The van der Waals surface area contributed by atoms with Gasteiger partial charge in [-0.1, -0.05) is 0 Å². The quantitative estimate of drug-likeness (QED) is 0.103. The number of hydrogen-bond acceptors (Lipinski definition) is 0. The summed E-state index contributed by atoms with van der Waals surface area (Å²) in [6, 6.07) is 0. The molecule has 0 aromatic carbocycles. The molecular formula is C28H60Ti. The Morgan fingerprint density at radius 3 is 0.690 bits per heavy atom. The van der Waals surface area contributed by atoms with Crippen LogP contribution in [0.3, 0.4) is 0 Å².